The molecule has 1 aromatic rings. The van der Waals surface area contributed by atoms with Crippen molar-refractivity contribution in [3.05, 3.63) is 47.7 Å². The fraction of sp³-hybridized carbons (Fsp3) is 0.333. The predicted octanol–water partition coefficient (Wildman–Crippen LogP) is 2.05. The van der Waals surface area contributed by atoms with Crippen molar-refractivity contribution in [3.63, 3.8) is 0 Å². The molecule has 0 aromatic heterocycles. The Bertz CT molecular complexity index is 474. The summed E-state index contributed by atoms with van der Waals surface area (Å²) in [5, 5.41) is 11.7. The molecule has 100 valence electrons. The first-order chi connectivity index (χ1) is 9.17. The maximum Gasteiger partial charge on any atom is 0.263 e. The molecule has 0 spiro atoms. The number of rotatable bonds is 6. The average molecular weight is 257 g/mol. The molecule has 0 aliphatic heterocycles. The van der Waals surface area contributed by atoms with Crippen LogP contribution in [-0.2, 0) is 11.3 Å². The zero-order chi connectivity index (χ0) is 14.1. The van der Waals surface area contributed by atoms with E-state index in [4.69, 9.17) is 5.26 Å². The van der Waals surface area contributed by atoms with Gasteiger partial charge in [-0.25, -0.2) is 0 Å². The Morgan fingerprint density at radius 2 is 2.11 bits per heavy atom. The lowest BCUT2D eigenvalue weighted by Gasteiger charge is -2.14. The Morgan fingerprint density at radius 1 is 1.42 bits per heavy atom. The van der Waals surface area contributed by atoms with E-state index in [1.165, 1.54) is 0 Å². The summed E-state index contributed by atoms with van der Waals surface area (Å²) < 4.78 is 0. The molecule has 1 amide bonds. The lowest BCUT2D eigenvalue weighted by atomic mass is 10.2. The van der Waals surface area contributed by atoms with Crippen molar-refractivity contribution in [2.24, 2.45) is 0 Å². The summed E-state index contributed by atoms with van der Waals surface area (Å²) in [6, 6.07) is 11.8. The highest BCUT2D eigenvalue weighted by Crippen LogP contribution is 2.04. The molecule has 0 saturated heterocycles. The van der Waals surface area contributed by atoms with Gasteiger partial charge in [-0.15, -0.1) is 0 Å². The third kappa shape index (κ3) is 5.26. The maximum atomic E-state index is 11.7. The summed E-state index contributed by atoms with van der Waals surface area (Å²) in [4.78, 5) is 13.5. The van der Waals surface area contributed by atoms with Crippen molar-refractivity contribution < 1.29 is 4.79 Å². The standard InChI is InChI=1S/C15H19N3O/c1-3-9-17-15(19)14(10-16)12-18(2)11-13-7-5-4-6-8-13/h4-8,12H,3,9,11H2,1-2H3,(H,17,19)/b14-12-. The van der Waals surface area contributed by atoms with Crippen LogP contribution in [0.15, 0.2) is 42.1 Å². The molecule has 0 aliphatic rings. The van der Waals surface area contributed by atoms with Crippen LogP contribution in [0.5, 0.6) is 0 Å². The topological polar surface area (TPSA) is 56.1 Å². The van der Waals surface area contributed by atoms with Crippen molar-refractivity contribution in [2.45, 2.75) is 19.9 Å². The molecule has 0 saturated carbocycles. The second-order valence-corrected chi connectivity index (χ2v) is 4.31. The molecular formula is C15H19N3O. The van der Waals surface area contributed by atoms with Crippen molar-refractivity contribution in [1.29, 1.82) is 5.26 Å². The molecule has 0 fully saturated rings. The van der Waals surface area contributed by atoms with Gasteiger partial charge in [-0.05, 0) is 12.0 Å². The number of nitrogens with zero attached hydrogens (tertiary/aromatic N) is 2. The molecule has 4 heteroatoms. The van der Waals surface area contributed by atoms with Gasteiger partial charge in [0, 0.05) is 26.3 Å². The number of carbonyl (C=O) groups excluding carboxylic acids is 1. The van der Waals surface area contributed by atoms with E-state index < -0.39 is 0 Å². The fourth-order valence-electron chi connectivity index (χ4n) is 1.61. The minimum absolute atomic E-state index is 0.131. The number of nitriles is 1. The molecule has 1 rings (SSSR count). The zero-order valence-electron chi connectivity index (χ0n) is 11.4. The first-order valence-corrected chi connectivity index (χ1v) is 6.31. The predicted molar refractivity (Wildman–Crippen MR) is 74.9 cm³/mol. The van der Waals surface area contributed by atoms with Crippen LogP contribution in [0.1, 0.15) is 18.9 Å². The normalized spacial score (nSPS) is 10.7. The molecule has 19 heavy (non-hydrogen) atoms. The average Bonchev–Trinajstić information content (AvgIpc) is 2.43. The van der Waals surface area contributed by atoms with Crippen LogP contribution in [0.4, 0.5) is 0 Å². The lowest BCUT2D eigenvalue weighted by Crippen LogP contribution is -2.26. The van der Waals surface area contributed by atoms with Gasteiger partial charge in [0.25, 0.3) is 5.91 Å². The summed E-state index contributed by atoms with van der Waals surface area (Å²) >= 11 is 0. The number of hydrogen-bond donors (Lipinski definition) is 1. The highest BCUT2D eigenvalue weighted by Gasteiger charge is 2.08. The van der Waals surface area contributed by atoms with Gasteiger partial charge in [0.05, 0.1) is 0 Å². The minimum atomic E-state index is -0.315. The van der Waals surface area contributed by atoms with Crippen LogP contribution in [-0.4, -0.2) is 24.4 Å². The van der Waals surface area contributed by atoms with Gasteiger partial charge < -0.3 is 10.2 Å². The summed E-state index contributed by atoms with van der Waals surface area (Å²) in [5.41, 5.74) is 1.26. The van der Waals surface area contributed by atoms with Crippen molar-refractivity contribution in [1.82, 2.24) is 10.2 Å². The van der Waals surface area contributed by atoms with Gasteiger partial charge in [0.1, 0.15) is 11.6 Å². The van der Waals surface area contributed by atoms with Gasteiger partial charge in [0.15, 0.2) is 0 Å². The zero-order valence-corrected chi connectivity index (χ0v) is 11.4. The van der Waals surface area contributed by atoms with Gasteiger partial charge in [-0.2, -0.15) is 5.26 Å². The van der Waals surface area contributed by atoms with E-state index in [9.17, 15) is 4.79 Å². The first kappa shape index (κ1) is 14.8. The number of benzene rings is 1. The Hall–Kier alpha value is -2.28. The van der Waals surface area contributed by atoms with Crippen LogP contribution in [0.3, 0.4) is 0 Å². The maximum absolute atomic E-state index is 11.7. The van der Waals surface area contributed by atoms with E-state index in [1.807, 2.05) is 55.3 Å². The Morgan fingerprint density at radius 3 is 2.68 bits per heavy atom. The van der Waals surface area contributed by atoms with Crippen molar-refractivity contribution >= 4 is 5.91 Å². The molecular weight excluding hydrogens is 238 g/mol. The molecule has 0 atom stereocenters. The fourth-order valence-corrected chi connectivity index (χ4v) is 1.61. The van der Waals surface area contributed by atoms with E-state index in [-0.39, 0.29) is 11.5 Å². The Balaban J connectivity index is 2.65. The van der Waals surface area contributed by atoms with E-state index in [0.29, 0.717) is 13.1 Å². The van der Waals surface area contributed by atoms with Crippen LogP contribution >= 0.6 is 0 Å². The molecule has 4 nitrogen and oxygen atoms in total. The summed E-state index contributed by atoms with van der Waals surface area (Å²) in [7, 11) is 1.84. The van der Waals surface area contributed by atoms with Crippen molar-refractivity contribution in [3.8, 4) is 6.07 Å². The van der Waals surface area contributed by atoms with Crippen LogP contribution in [0, 0.1) is 11.3 Å². The highest BCUT2D eigenvalue weighted by molar-refractivity contribution is 5.97. The van der Waals surface area contributed by atoms with Crippen LogP contribution in [0.25, 0.3) is 0 Å². The summed E-state index contributed by atoms with van der Waals surface area (Å²) in [6.45, 7) is 3.21. The number of nitrogens with one attached hydrogen (secondary N) is 1. The number of amides is 1. The van der Waals surface area contributed by atoms with Crippen LogP contribution in [0.2, 0.25) is 0 Å². The number of hydrogen-bond acceptors (Lipinski definition) is 3. The minimum Gasteiger partial charge on any atom is -0.375 e. The van der Waals surface area contributed by atoms with Gasteiger partial charge >= 0.3 is 0 Å². The van der Waals surface area contributed by atoms with Gasteiger partial charge in [-0.1, -0.05) is 37.3 Å². The van der Waals surface area contributed by atoms with Crippen molar-refractivity contribution in [2.75, 3.05) is 13.6 Å². The molecule has 0 heterocycles. The first-order valence-electron chi connectivity index (χ1n) is 6.31. The van der Waals surface area contributed by atoms with E-state index in [0.717, 1.165) is 12.0 Å². The molecule has 0 radical (unpaired) electrons. The summed E-state index contributed by atoms with van der Waals surface area (Å²) in [6.07, 6.45) is 2.43. The number of carbonyl (C=O) groups is 1. The van der Waals surface area contributed by atoms with Crippen LogP contribution < -0.4 is 5.32 Å². The Kier molecular flexibility index (Phi) is 6.17. The van der Waals surface area contributed by atoms with E-state index in [2.05, 4.69) is 5.32 Å². The molecule has 0 aliphatic carbocycles. The smallest absolute Gasteiger partial charge is 0.263 e. The highest BCUT2D eigenvalue weighted by atomic mass is 16.1. The third-order valence-corrected chi connectivity index (χ3v) is 2.52. The molecule has 1 aromatic carbocycles. The Labute approximate surface area is 114 Å². The SMILES string of the molecule is CCCNC(=O)/C(C#N)=C\N(C)Cc1ccccc1. The van der Waals surface area contributed by atoms with E-state index >= 15 is 0 Å². The van der Waals surface area contributed by atoms with Gasteiger partial charge in [-0.3, -0.25) is 4.79 Å². The molecule has 0 bridgehead atoms. The van der Waals surface area contributed by atoms with Gasteiger partial charge in [0.2, 0.25) is 0 Å². The molecule has 1 N–H and O–H groups in total. The van der Waals surface area contributed by atoms with E-state index in [1.54, 1.807) is 6.20 Å². The second kappa shape index (κ2) is 7.93. The monoisotopic (exact) mass is 257 g/mol. The molecule has 0 unspecified atom stereocenters. The lowest BCUT2D eigenvalue weighted by molar-refractivity contribution is -0.117. The largest absolute Gasteiger partial charge is 0.375 e. The summed E-state index contributed by atoms with van der Waals surface area (Å²) in [5.74, 6) is -0.315. The second-order valence-electron chi connectivity index (χ2n) is 4.31. The third-order valence-electron chi connectivity index (χ3n) is 2.52. The quantitative estimate of drug-likeness (QED) is 0.627.